The van der Waals surface area contributed by atoms with Gasteiger partial charge in [0, 0.05) is 11.8 Å². The van der Waals surface area contributed by atoms with Gasteiger partial charge in [0.05, 0.1) is 18.5 Å². The zero-order chi connectivity index (χ0) is 15.2. The van der Waals surface area contributed by atoms with Crippen molar-refractivity contribution in [1.29, 1.82) is 0 Å². The molecule has 2 heterocycles. The molecule has 7 nitrogen and oxygen atoms in total. The van der Waals surface area contributed by atoms with Crippen molar-refractivity contribution in [3.8, 4) is 0 Å². The average molecular weight is 307 g/mol. The summed E-state index contributed by atoms with van der Waals surface area (Å²) in [5.74, 6) is 0.270. The van der Waals surface area contributed by atoms with Gasteiger partial charge in [0.1, 0.15) is 12.2 Å². The lowest BCUT2D eigenvalue weighted by Crippen LogP contribution is -2.33. The second-order valence-corrected chi connectivity index (χ2v) is 5.61. The Kier molecular flexibility index (Phi) is 5.04. The second kappa shape index (κ2) is 6.98. The molecule has 2 aromatic rings. The predicted octanol–water partition coefficient (Wildman–Crippen LogP) is 1.31. The first-order chi connectivity index (χ1) is 10.1. The Balaban J connectivity index is 1.96. The maximum atomic E-state index is 12.1. The largest absolute Gasteiger partial charge is 0.348 e. The van der Waals surface area contributed by atoms with Gasteiger partial charge < -0.3 is 10.6 Å². The Labute approximate surface area is 126 Å². The van der Waals surface area contributed by atoms with Crippen molar-refractivity contribution in [2.24, 2.45) is 0 Å². The first-order valence-corrected chi connectivity index (χ1v) is 7.39. The van der Waals surface area contributed by atoms with E-state index in [1.807, 2.05) is 24.4 Å². The highest BCUT2D eigenvalue weighted by molar-refractivity contribution is 7.10. The average Bonchev–Trinajstić information content (AvgIpc) is 3.11. The van der Waals surface area contributed by atoms with Gasteiger partial charge in [0.15, 0.2) is 0 Å². The first kappa shape index (κ1) is 15.2. The van der Waals surface area contributed by atoms with Crippen molar-refractivity contribution in [2.75, 3.05) is 0 Å². The molecule has 2 aromatic heterocycles. The van der Waals surface area contributed by atoms with Gasteiger partial charge in [-0.2, -0.15) is 5.10 Å². The van der Waals surface area contributed by atoms with E-state index in [-0.39, 0.29) is 30.3 Å². The molecular formula is C13H17N5O2S. The van der Waals surface area contributed by atoms with Crippen LogP contribution in [0.5, 0.6) is 0 Å². The number of carbonyl (C=O) groups excluding carboxylic acids is 2. The molecule has 0 saturated carbocycles. The van der Waals surface area contributed by atoms with Crippen LogP contribution in [0.4, 0.5) is 0 Å². The van der Waals surface area contributed by atoms with Crippen LogP contribution in [0.2, 0.25) is 0 Å². The molecule has 0 aliphatic carbocycles. The third-order valence-corrected chi connectivity index (χ3v) is 3.86. The van der Waals surface area contributed by atoms with E-state index >= 15 is 0 Å². The number of nitrogens with zero attached hydrogens (tertiary/aromatic N) is 2. The Morgan fingerprint density at radius 3 is 2.81 bits per heavy atom. The minimum absolute atomic E-state index is 0.161. The van der Waals surface area contributed by atoms with Crippen molar-refractivity contribution in [2.45, 2.75) is 32.4 Å². The van der Waals surface area contributed by atoms with Gasteiger partial charge in [-0.1, -0.05) is 6.07 Å². The first-order valence-electron chi connectivity index (χ1n) is 6.51. The Morgan fingerprint density at radius 1 is 1.43 bits per heavy atom. The van der Waals surface area contributed by atoms with Crippen LogP contribution in [-0.4, -0.2) is 27.0 Å². The smallest absolute Gasteiger partial charge is 0.223 e. The third kappa shape index (κ3) is 4.38. The molecule has 0 spiro atoms. The summed E-state index contributed by atoms with van der Waals surface area (Å²) in [6.45, 7) is 3.26. The molecule has 0 aliphatic heterocycles. The normalized spacial score (nSPS) is 13.4. The van der Waals surface area contributed by atoms with Gasteiger partial charge >= 0.3 is 0 Å². The van der Waals surface area contributed by atoms with Gasteiger partial charge in [0.25, 0.3) is 0 Å². The lowest BCUT2D eigenvalue weighted by molar-refractivity contribution is -0.123. The van der Waals surface area contributed by atoms with Gasteiger partial charge in [-0.25, -0.2) is 4.98 Å². The van der Waals surface area contributed by atoms with Crippen molar-refractivity contribution < 1.29 is 9.59 Å². The Hall–Kier alpha value is -2.22. The summed E-state index contributed by atoms with van der Waals surface area (Å²) in [6, 6.07) is 3.22. The summed E-state index contributed by atoms with van der Waals surface area (Å²) in [6.07, 6.45) is 1.57. The molecule has 2 amide bonds. The van der Waals surface area contributed by atoms with E-state index in [1.165, 1.54) is 24.6 Å². The molecule has 0 aliphatic rings. The zero-order valence-electron chi connectivity index (χ0n) is 11.8. The number of carbonyl (C=O) groups is 2. The highest BCUT2D eigenvalue weighted by atomic mass is 32.1. The topological polar surface area (TPSA) is 99.8 Å². The van der Waals surface area contributed by atoms with E-state index in [9.17, 15) is 9.59 Å². The van der Waals surface area contributed by atoms with Gasteiger partial charge in [-0.3, -0.25) is 14.7 Å². The van der Waals surface area contributed by atoms with Crippen LogP contribution in [0.15, 0.2) is 23.8 Å². The van der Waals surface area contributed by atoms with E-state index in [0.29, 0.717) is 5.82 Å². The molecule has 21 heavy (non-hydrogen) atoms. The van der Waals surface area contributed by atoms with E-state index in [4.69, 9.17) is 0 Å². The van der Waals surface area contributed by atoms with Crippen LogP contribution in [0.25, 0.3) is 0 Å². The molecule has 0 bridgehead atoms. The number of rotatable bonds is 6. The third-order valence-electron chi connectivity index (χ3n) is 2.87. The summed E-state index contributed by atoms with van der Waals surface area (Å²) in [4.78, 5) is 28.3. The number of hydrogen-bond donors (Lipinski definition) is 3. The molecular weight excluding hydrogens is 290 g/mol. The summed E-state index contributed by atoms with van der Waals surface area (Å²) in [5, 5.41) is 14.0. The van der Waals surface area contributed by atoms with Crippen LogP contribution >= 0.6 is 11.3 Å². The summed E-state index contributed by atoms with van der Waals surface area (Å²) < 4.78 is 0. The fraction of sp³-hybridized carbons (Fsp3) is 0.385. The fourth-order valence-corrected chi connectivity index (χ4v) is 2.71. The van der Waals surface area contributed by atoms with E-state index in [0.717, 1.165) is 4.88 Å². The SMILES string of the molecule is CC(=O)NC(CC(=O)NC(C)c1ncn[nH]1)c1cccs1. The number of amides is 2. The number of H-pyrrole nitrogens is 1. The number of aromatic nitrogens is 3. The van der Waals surface area contributed by atoms with Crippen molar-refractivity contribution in [3.05, 3.63) is 34.5 Å². The Bertz CT molecular complexity index is 582. The molecule has 2 atom stereocenters. The van der Waals surface area contributed by atoms with Crippen molar-refractivity contribution in [1.82, 2.24) is 25.8 Å². The van der Waals surface area contributed by atoms with Gasteiger partial charge in [-0.15, -0.1) is 11.3 Å². The summed E-state index contributed by atoms with van der Waals surface area (Å²) in [5.41, 5.74) is 0. The standard InChI is InChI=1S/C13H17N5O2S/c1-8(13-14-7-15-18-13)16-12(20)6-10(17-9(2)19)11-4-3-5-21-11/h3-5,7-8,10H,6H2,1-2H3,(H,16,20)(H,17,19)(H,14,15,18). The molecule has 8 heteroatoms. The molecule has 2 unspecified atom stereocenters. The number of aromatic amines is 1. The van der Waals surface area contributed by atoms with Crippen LogP contribution in [-0.2, 0) is 9.59 Å². The van der Waals surface area contributed by atoms with E-state index in [2.05, 4.69) is 25.8 Å². The second-order valence-electron chi connectivity index (χ2n) is 4.63. The minimum Gasteiger partial charge on any atom is -0.348 e. The Morgan fingerprint density at radius 2 is 2.24 bits per heavy atom. The van der Waals surface area contributed by atoms with Crippen LogP contribution in [0, 0.1) is 0 Å². The number of nitrogens with one attached hydrogen (secondary N) is 3. The molecule has 0 fully saturated rings. The maximum absolute atomic E-state index is 12.1. The molecule has 0 saturated heterocycles. The van der Waals surface area contributed by atoms with Gasteiger partial charge in [-0.05, 0) is 18.4 Å². The van der Waals surface area contributed by atoms with Gasteiger partial charge in [0.2, 0.25) is 11.8 Å². The van der Waals surface area contributed by atoms with Crippen LogP contribution in [0.1, 0.15) is 43.1 Å². The zero-order valence-corrected chi connectivity index (χ0v) is 12.6. The summed E-state index contributed by atoms with van der Waals surface area (Å²) >= 11 is 1.51. The lowest BCUT2D eigenvalue weighted by atomic mass is 10.1. The molecule has 2 rings (SSSR count). The van der Waals surface area contributed by atoms with E-state index < -0.39 is 0 Å². The highest BCUT2D eigenvalue weighted by Crippen LogP contribution is 2.22. The quantitative estimate of drug-likeness (QED) is 0.749. The predicted molar refractivity (Wildman–Crippen MR) is 78.4 cm³/mol. The molecule has 3 N–H and O–H groups in total. The molecule has 112 valence electrons. The van der Waals surface area contributed by atoms with Crippen LogP contribution < -0.4 is 10.6 Å². The van der Waals surface area contributed by atoms with Crippen LogP contribution in [0.3, 0.4) is 0 Å². The fourth-order valence-electron chi connectivity index (χ4n) is 1.94. The van der Waals surface area contributed by atoms with Crippen molar-refractivity contribution in [3.63, 3.8) is 0 Å². The summed E-state index contributed by atoms with van der Waals surface area (Å²) in [7, 11) is 0. The number of thiophene rings is 1. The maximum Gasteiger partial charge on any atom is 0.223 e. The van der Waals surface area contributed by atoms with E-state index in [1.54, 1.807) is 0 Å². The highest BCUT2D eigenvalue weighted by Gasteiger charge is 2.20. The molecule has 0 aromatic carbocycles. The van der Waals surface area contributed by atoms with Crippen molar-refractivity contribution >= 4 is 23.2 Å². The molecule has 0 radical (unpaired) electrons. The minimum atomic E-state index is -0.315. The lowest BCUT2D eigenvalue weighted by Gasteiger charge is -2.17. The monoisotopic (exact) mass is 307 g/mol. The number of hydrogen-bond acceptors (Lipinski definition) is 5.